The van der Waals surface area contributed by atoms with Crippen molar-refractivity contribution in [2.24, 2.45) is 0 Å². The van der Waals surface area contributed by atoms with Gasteiger partial charge in [0.15, 0.2) is 5.82 Å². The second kappa shape index (κ2) is 4.57. The zero-order valence-corrected chi connectivity index (χ0v) is 9.10. The van der Waals surface area contributed by atoms with Gasteiger partial charge >= 0.3 is 0 Å². The first kappa shape index (κ1) is 11.6. The summed E-state index contributed by atoms with van der Waals surface area (Å²) < 4.78 is 39.6. The van der Waals surface area contributed by atoms with Crippen LogP contribution in [0.25, 0.3) is 11.4 Å². The number of rotatable bonds is 3. The van der Waals surface area contributed by atoms with Crippen LogP contribution in [0.15, 0.2) is 12.1 Å². The number of nitrogens with zero attached hydrogens (tertiary/aromatic N) is 2. The number of nitrogens with one attached hydrogen (secondary N) is 1. The van der Waals surface area contributed by atoms with E-state index in [0.29, 0.717) is 24.4 Å². The summed E-state index contributed by atoms with van der Waals surface area (Å²) in [5.41, 5.74) is -0.412. The molecule has 0 radical (unpaired) electrons. The Morgan fingerprint density at radius 3 is 2.41 bits per heavy atom. The second-order valence-electron chi connectivity index (χ2n) is 3.60. The normalized spacial score (nSPS) is 10.8. The fraction of sp³-hybridized carbons (Fsp3) is 0.273. The van der Waals surface area contributed by atoms with Gasteiger partial charge in [-0.2, -0.15) is 5.10 Å². The third-order valence-electron chi connectivity index (χ3n) is 2.25. The van der Waals surface area contributed by atoms with Gasteiger partial charge in [-0.05, 0) is 6.42 Å². The molecular weight excluding hydrogens is 231 g/mol. The number of aromatic amines is 1. The summed E-state index contributed by atoms with van der Waals surface area (Å²) in [6.07, 6.45) is 1.47. The molecule has 0 fully saturated rings. The summed E-state index contributed by atoms with van der Waals surface area (Å²) in [6, 6.07) is 1.21. The van der Waals surface area contributed by atoms with Crippen LogP contribution in [0, 0.1) is 17.5 Å². The third kappa shape index (κ3) is 2.30. The summed E-state index contributed by atoms with van der Waals surface area (Å²) in [6.45, 7) is 1.95. The van der Waals surface area contributed by atoms with Crippen molar-refractivity contribution in [1.29, 1.82) is 0 Å². The summed E-state index contributed by atoms with van der Waals surface area (Å²) >= 11 is 0. The van der Waals surface area contributed by atoms with Gasteiger partial charge in [-0.1, -0.05) is 6.92 Å². The van der Waals surface area contributed by atoms with Gasteiger partial charge in [-0.25, -0.2) is 18.2 Å². The molecule has 0 bridgehead atoms. The van der Waals surface area contributed by atoms with Gasteiger partial charge in [0, 0.05) is 18.6 Å². The Morgan fingerprint density at radius 2 is 1.82 bits per heavy atom. The molecule has 2 rings (SSSR count). The maximum Gasteiger partial charge on any atom is 0.187 e. The lowest BCUT2D eigenvalue weighted by molar-refractivity contribution is 0.546. The highest BCUT2D eigenvalue weighted by molar-refractivity contribution is 5.56. The molecule has 0 aliphatic rings. The van der Waals surface area contributed by atoms with Crippen LogP contribution in [-0.2, 0) is 6.42 Å². The minimum Gasteiger partial charge on any atom is -0.263 e. The van der Waals surface area contributed by atoms with Gasteiger partial charge < -0.3 is 0 Å². The van der Waals surface area contributed by atoms with Crippen LogP contribution in [-0.4, -0.2) is 15.2 Å². The first-order chi connectivity index (χ1) is 8.11. The van der Waals surface area contributed by atoms with E-state index in [9.17, 15) is 13.2 Å². The Balaban J connectivity index is 2.45. The quantitative estimate of drug-likeness (QED) is 0.897. The van der Waals surface area contributed by atoms with E-state index in [1.807, 2.05) is 6.92 Å². The summed E-state index contributed by atoms with van der Waals surface area (Å²) in [7, 11) is 0. The topological polar surface area (TPSA) is 41.6 Å². The van der Waals surface area contributed by atoms with Gasteiger partial charge in [0.25, 0.3) is 0 Å². The smallest absolute Gasteiger partial charge is 0.187 e. The van der Waals surface area contributed by atoms with Crippen molar-refractivity contribution in [2.75, 3.05) is 0 Å². The molecule has 0 unspecified atom stereocenters. The van der Waals surface area contributed by atoms with Crippen LogP contribution in [0.5, 0.6) is 0 Å². The van der Waals surface area contributed by atoms with Crippen molar-refractivity contribution in [1.82, 2.24) is 15.2 Å². The van der Waals surface area contributed by atoms with Crippen LogP contribution in [0.3, 0.4) is 0 Å². The molecule has 0 spiro atoms. The molecule has 0 aliphatic heterocycles. The Bertz CT molecular complexity index is 514. The molecule has 6 heteroatoms. The Labute approximate surface area is 95.7 Å². The van der Waals surface area contributed by atoms with E-state index in [4.69, 9.17) is 0 Å². The maximum atomic E-state index is 13.4. The number of aryl methyl sites for hydroxylation is 1. The highest BCUT2D eigenvalue weighted by atomic mass is 19.1. The zero-order chi connectivity index (χ0) is 12.4. The second-order valence-corrected chi connectivity index (χ2v) is 3.60. The monoisotopic (exact) mass is 241 g/mol. The summed E-state index contributed by atoms with van der Waals surface area (Å²) in [5, 5.41) is 6.30. The SMILES string of the molecule is CCCc1nc(-c2c(F)cc(F)cc2F)n[nH]1. The van der Waals surface area contributed by atoms with Crippen LogP contribution >= 0.6 is 0 Å². The summed E-state index contributed by atoms with van der Waals surface area (Å²) in [4.78, 5) is 3.95. The molecule has 0 aliphatic carbocycles. The number of hydrogen-bond acceptors (Lipinski definition) is 2. The minimum atomic E-state index is -1.01. The predicted molar refractivity (Wildman–Crippen MR) is 55.7 cm³/mol. The van der Waals surface area contributed by atoms with Crippen molar-refractivity contribution in [3.63, 3.8) is 0 Å². The average molecular weight is 241 g/mol. The van der Waals surface area contributed by atoms with Crippen LogP contribution in [0.1, 0.15) is 19.2 Å². The number of benzene rings is 1. The fourth-order valence-electron chi connectivity index (χ4n) is 1.51. The van der Waals surface area contributed by atoms with Gasteiger partial charge in [-0.15, -0.1) is 0 Å². The van der Waals surface area contributed by atoms with Crippen molar-refractivity contribution in [3.05, 3.63) is 35.4 Å². The van der Waals surface area contributed by atoms with Crippen molar-refractivity contribution in [3.8, 4) is 11.4 Å². The van der Waals surface area contributed by atoms with Crippen LogP contribution < -0.4 is 0 Å². The molecule has 0 saturated carbocycles. The highest BCUT2D eigenvalue weighted by Crippen LogP contribution is 2.23. The molecule has 1 heterocycles. The standard InChI is InChI=1S/C11H10F3N3/c1-2-3-9-15-11(17-16-9)10-7(13)4-6(12)5-8(10)14/h4-5H,2-3H2,1H3,(H,15,16,17). The molecule has 0 saturated heterocycles. The highest BCUT2D eigenvalue weighted by Gasteiger charge is 2.17. The van der Waals surface area contributed by atoms with Crippen LogP contribution in [0.2, 0.25) is 0 Å². The largest absolute Gasteiger partial charge is 0.263 e. The first-order valence-electron chi connectivity index (χ1n) is 5.18. The molecule has 17 heavy (non-hydrogen) atoms. The lowest BCUT2D eigenvalue weighted by Gasteiger charge is -2.00. The third-order valence-corrected chi connectivity index (χ3v) is 2.25. The number of aromatic nitrogens is 3. The molecule has 2 aromatic rings. The lowest BCUT2D eigenvalue weighted by Crippen LogP contribution is -1.94. The minimum absolute atomic E-state index is 0.0940. The van der Waals surface area contributed by atoms with E-state index in [2.05, 4.69) is 15.2 Å². The van der Waals surface area contributed by atoms with E-state index in [1.54, 1.807) is 0 Å². The lowest BCUT2D eigenvalue weighted by atomic mass is 10.2. The molecule has 1 aromatic heterocycles. The Hall–Kier alpha value is -1.85. The van der Waals surface area contributed by atoms with E-state index >= 15 is 0 Å². The zero-order valence-electron chi connectivity index (χ0n) is 9.10. The molecule has 1 N–H and O–H groups in total. The molecule has 1 aromatic carbocycles. The Kier molecular flexibility index (Phi) is 3.12. The maximum absolute atomic E-state index is 13.4. The van der Waals surface area contributed by atoms with E-state index in [-0.39, 0.29) is 5.82 Å². The molecular formula is C11H10F3N3. The average Bonchev–Trinajstić information content (AvgIpc) is 2.65. The number of halogens is 3. The number of hydrogen-bond donors (Lipinski definition) is 1. The van der Waals surface area contributed by atoms with Crippen molar-refractivity contribution < 1.29 is 13.2 Å². The van der Waals surface area contributed by atoms with Crippen molar-refractivity contribution in [2.45, 2.75) is 19.8 Å². The van der Waals surface area contributed by atoms with E-state index < -0.39 is 23.0 Å². The molecule has 90 valence electrons. The molecule has 0 amide bonds. The first-order valence-corrected chi connectivity index (χ1v) is 5.18. The predicted octanol–water partition coefficient (Wildman–Crippen LogP) is 2.84. The number of H-pyrrole nitrogens is 1. The fourth-order valence-corrected chi connectivity index (χ4v) is 1.51. The molecule has 0 atom stereocenters. The van der Waals surface area contributed by atoms with Gasteiger partial charge in [0.05, 0.1) is 5.56 Å². The van der Waals surface area contributed by atoms with E-state index in [0.717, 1.165) is 6.42 Å². The summed E-state index contributed by atoms with van der Waals surface area (Å²) in [5.74, 6) is -2.53. The van der Waals surface area contributed by atoms with E-state index in [1.165, 1.54) is 0 Å². The van der Waals surface area contributed by atoms with Gasteiger partial charge in [0.1, 0.15) is 23.3 Å². The van der Waals surface area contributed by atoms with Crippen molar-refractivity contribution >= 4 is 0 Å². The Morgan fingerprint density at radius 1 is 1.18 bits per heavy atom. The van der Waals surface area contributed by atoms with Gasteiger partial charge in [0.2, 0.25) is 0 Å². The van der Waals surface area contributed by atoms with Gasteiger partial charge in [-0.3, -0.25) is 5.10 Å². The molecule has 3 nitrogen and oxygen atoms in total. The van der Waals surface area contributed by atoms with Crippen LogP contribution in [0.4, 0.5) is 13.2 Å².